The summed E-state index contributed by atoms with van der Waals surface area (Å²) in [6, 6.07) is 19.4. The second kappa shape index (κ2) is 7.11. The molecule has 1 heterocycles. The average Bonchev–Trinajstić information content (AvgIpc) is 2.94. The highest BCUT2D eigenvalue weighted by Gasteiger charge is 2.21. The summed E-state index contributed by atoms with van der Waals surface area (Å²) in [5.41, 5.74) is 3.49. The van der Waals surface area contributed by atoms with E-state index >= 15 is 0 Å². The summed E-state index contributed by atoms with van der Waals surface area (Å²) in [6.07, 6.45) is 2.78. The van der Waals surface area contributed by atoms with E-state index in [0.29, 0.717) is 5.82 Å². The molecule has 0 saturated heterocycles. The van der Waals surface area contributed by atoms with Gasteiger partial charge in [-0.15, -0.1) is 0 Å². The van der Waals surface area contributed by atoms with Crippen LogP contribution in [-0.2, 0) is 16.4 Å². The van der Waals surface area contributed by atoms with Gasteiger partial charge in [-0.1, -0.05) is 61.9 Å². The van der Waals surface area contributed by atoms with Crippen LogP contribution in [0.2, 0.25) is 0 Å². The van der Waals surface area contributed by atoms with Gasteiger partial charge >= 0.3 is 0 Å². The lowest BCUT2D eigenvalue weighted by Crippen LogP contribution is -2.14. The van der Waals surface area contributed by atoms with E-state index in [1.807, 2.05) is 60.7 Å². The number of nitrogens with zero attached hydrogens (tertiary/aromatic N) is 2. The van der Waals surface area contributed by atoms with Gasteiger partial charge in [0, 0.05) is 11.1 Å². The third kappa shape index (κ3) is 3.91. The van der Waals surface area contributed by atoms with Crippen molar-refractivity contribution in [1.29, 1.82) is 0 Å². The third-order valence-corrected chi connectivity index (χ3v) is 4.38. The molecular formula is C19H21N3O2S. The van der Waals surface area contributed by atoms with Crippen molar-refractivity contribution in [2.45, 2.75) is 19.8 Å². The van der Waals surface area contributed by atoms with Crippen LogP contribution in [0.4, 0.5) is 5.82 Å². The van der Waals surface area contributed by atoms with Crippen LogP contribution in [0.15, 0.2) is 60.7 Å². The second-order valence-corrected chi connectivity index (χ2v) is 7.66. The van der Waals surface area contributed by atoms with Crippen LogP contribution in [0.1, 0.15) is 18.9 Å². The van der Waals surface area contributed by atoms with Crippen molar-refractivity contribution in [2.75, 3.05) is 11.0 Å². The minimum atomic E-state index is -3.43. The van der Waals surface area contributed by atoms with Gasteiger partial charge in [-0.25, -0.2) is 13.1 Å². The van der Waals surface area contributed by atoms with Crippen molar-refractivity contribution in [3.63, 3.8) is 0 Å². The summed E-state index contributed by atoms with van der Waals surface area (Å²) in [6.45, 7) is 2.07. The Morgan fingerprint density at radius 2 is 1.60 bits per heavy atom. The lowest BCUT2D eigenvalue weighted by molar-refractivity contribution is 0.606. The molecule has 0 fully saturated rings. The van der Waals surface area contributed by atoms with E-state index in [4.69, 9.17) is 5.10 Å². The highest BCUT2D eigenvalue weighted by Crippen LogP contribution is 2.32. The molecule has 0 spiro atoms. The first kappa shape index (κ1) is 17.2. The number of hydrogen-bond donors (Lipinski definition) is 1. The van der Waals surface area contributed by atoms with Crippen LogP contribution in [0, 0.1) is 0 Å². The summed E-state index contributed by atoms with van der Waals surface area (Å²) in [4.78, 5) is 0. The SMILES string of the molecule is CCCc1c(-c2ccccc2)nn(-c2ccccc2)c1NS(C)(=O)=O. The zero-order valence-electron chi connectivity index (χ0n) is 14.3. The summed E-state index contributed by atoms with van der Waals surface area (Å²) >= 11 is 0. The number of nitrogens with one attached hydrogen (secondary N) is 1. The maximum absolute atomic E-state index is 11.9. The zero-order valence-corrected chi connectivity index (χ0v) is 15.1. The van der Waals surface area contributed by atoms with E-state index in [9.17, 15) is 8.42 Å². The first-order valence-electron chi connectivity index (χ1n) is 8.20. The lowest BCUT2D eigenvalue weighted by atomic mass is 10.0. The zero-order chi connectivity index (χ0) is 17.9. The van der Waals surface area contributed by atoms with Gasteiger partial charge in [-0.3, -0.25) is 4.72 Å². The number of sulfonamides is 1. The maximum Gasteiger partial charge on any atom is 0.230 e. The van der Waals surface area contributed by atoms with Gasteiger partial charge in [-0.2, -0.15) is 5.10 Å². The van der Waals surface area contributed by atoms with Crippen LogP contribution >= 0.6 is 0 Å². The smallest absolute Gasteiger partial charge is 0.230 e. The Balaban J connectivity index is 2.26. The van der Waals surface area contributed by atoms with Crippen molar-refractivity contribution < 1.29 is 8.42 Å². The minimum Gasteiger partial charge on any atom is -0.267 e. The van der Waals surface area contributed by atoms with E-state index < -0.39 is 10.0 Å². The van der Waals surface area contributed by atoms with Crippen molar-refractivity contribution >= 4 is 15.8 Å². The fourth-order valence-corrected chi connectivity index (χ4v) is 3.36. The van der Waals surface area contributed by atoms with E-state index in [-0.39, 0.29) is 0 Å². The number of aromatic nitrogens is 2. The molecule has 0 aliphatic heterocycles. The topological polar surface area (TPSA) is 64.0 Å². The molecule has 1 aromatic heterocycles. The Morgan fingerprint density at radius 3 is 2.16 bits per heavy atom. The molecule has 0 unspecified atom stereocenters. The molecule has 0 radical (unpaired) electrons. The van der Waals surface area contributed by atoms with Crippen LogP contribution in [-0.4, -0.2) is 24.5 Å². The Kier molecular flexibility index (Phi) is 4.90. The van der Waals surface area contributed by atoms with Gasteiger partial charge < -0.3 is 0 Å². The van der Waals surface area contributed by atoms with Crippen molar-refractivity contribution in [1.82, 2.24) is 9.78 Å². The molecular weight excluding hydrogens is 334 g/mol. The van der Waals surface area contributed by atoms with Crippen LogP contribution in [0.25, 0.3) is 16.9 Å². The Hall–Kier alpha value is -2.60. The summed E-state index contributed by atoms with van der Waals surface area (Å²) in [7, 11) is -3.43. The molecule has 3 aromatic rings. The van der Waals surface area contributed by atoms with E-state index in [1.165, 1.54) is 0 Å². The molecule has 3 rings (SSSR count). The molecule has 25 heavy (non-hydrogen) atoms. The number of rotatable bonds is 6. The summed E-state index contributed by atoms with van der Waals surface area (Å²) in [5, 5.41) is 4.74. The van der Waals surface area contributed by atoms with Gasteiger partial charge in [0.25, 0.3) is 0 Å². The first-order chi connectivity index (χ1) is 12.0. The van der Waals surface area contributed by atoms with Gasteiger partial charge in [-0.05, 0) is 18.6 Å². The molecule has 6 heteroatoms. The number of benzene rings is 2. The maximum atomic E-state index is 11.9. The molecule has 0 bridgehead atoms. The van der Waals surface area contributed by atoms with Gasteiger partial charge in [0.05, 0.1) is 17.6 Å². The lowest BCUT2D eigenvalue weighted by Gasteiger charge is -2.10. The highest BCUT2D eigenvalue weighted by molar-refractivity contribution is 7.92. The molecule has 0 amide bonds. The Labute approximate surface area is 148 Å². The van der Waals surface area contributed by atoms with Crippen LogP contribution < -0.4 is 4.72 Å². The quantitative estimate of drug-likeness (QED) is 0.730. The third-order valence-electron chi connectivity index (χ3n) is 3.81. The highest BCUT2D eigenvalue weighted by atomic mass is 32.2. The molecule has 2 aromatic carbocycles. The molecule has 0 saturated carbocycles. The molecule has 0 aliphatic rings. The number of para-hydroxylation sites is 1. The largest absolute Gasteiger partial charge is 0.267 e. The normalized spacial score (nSPS) is 11.4. The van der Waals surface area contributed by atoms with Crippen molar-refractivity contribution in [3.8, 4) is 16.9 Å². The summed E-state index contributed by atoms with van der Waals surface area (Å²) < 4.78 is 28.2. The minimum absolute atomic E-state index is 0.509. The number of anilines is 1. The standard InChI is InChI=1S/C19H21N3O2S/c1-3-10-17-18(15-11-6-4-7-12-15)20-22(16-13-8-5-9-14-16)19(17)21-25(2,23)24/h4-9,11-14,21H,3,10H2,1-2H3. The predicted octanol–water partition coefficient (Wildman–Crippen LogP) is 3.86. The van der Waals surface area contributed by atoms with Gasteiger partial charge in [0.2, 0.25) is 10.0 Å². The average molecular weight is 355 g/mol. The molecule has 130 valence electrons. The van der Waals surface area contributed by atoms with Gasteiger partial charge in [0.1, 0.15) is 5.82 Å². The van der Waals surface area contributed by atoms with Crippen molar-refractivity contribution in [2.24, 2.45) is 0 Å². The molecule has 0 atom stereocenters. The van der Waals surface area contributed by atoms with E-state index in [0.717, 1.165) is 41.6 Å². The predicted molar refractivity (Wildman–Crippen MR) is 101 cm³/mol. The fourth-order valence-electron chi connectivity index (χ4n) is 2.80. The van der Waals surface area contributed by atoms with E-state index in [1.54, 1.807) is 4.68 Å². The molecule has 1 N–H and O–H groups in total. The molecule has 5 nitrogen and oxygen atoms in total. The Morgan fingerprint density at radius 1 is 1.00 bits per heavy atom. The van der Waals surface area contributed by atoms with Gasteiger partial charge in [0.15, 0.2) is 0 Å². The van der Waals surface area contributed by atoms with E-state index in [2.05, 4.69) is 11.6 Å². The fraction of sp³-hybridized carbons (Fsp3) is 0.211. The van der Waals surface area contributed by atoms with Crippen LogP contribution in [0.5, 0.6) is 0 Å². The second-order valence-electron chi connectivity index (χ2n) is 5.91. The first-order valence-corrected chi connectivity index (χ1v) is 10.1. The monoisotopic (exact) mass is 355 g/mol. The van der Waals surface area contributed by atoms with Crippen molar-refractivity contribution in [3.05, 3.63) is 66.2 Å². The van der Waals surface area contributed by atoms with Crippen LogP contribution in [0.3, 0.4) is 0 Å². The summed E-state index contributed by atoms with van der Waals surface area (Å²) in [5.74, 6) is 0.509. The molecule has 0 aliphatic carbocycles. The Bertz CT molecular complexity index is 949. The number of hydrogen-bond acceptors (Lipinski definition) is 3.